The summed E-state index contributed by atoms with van der Waals surface area (Å²) >= 11 is 7.07. The van der Waals surface area contributed by atoms with Crippen LogP contribution in [0, 0.1) is 0 Å². The lowest BCUT2D eigenvalue weighted by molar-refractivity contribution is -0.154. The van der Waals surface area contributed by atoms with Gasteiger partial charge in [-0.1, -0.05) is 23.7 Å². The number of aromatic nitrogens is 1. The lowest BCUT2D eigenvalue weighted by Crippen LogP contribution is -2.24. The molecule has 1 heterocycles. The van der Waals surface area contributed by atoms with Crippen LogP contribution in [0.4, 0.5) is 0 Å². The summed E-state index contributed by atoms with van der Waals surface area (Å²) in [7, 11) is 2.43. The van der Waals surface area contributed by atoms with Crippen molar-refractivity contribution in [2.24, 2.45) is 0 Å². The summed E-state index contributed by atoms with van der Waals surface area (Å²) in [5.41, 5.74) is 0.900. The highest BCUT2D eigenvalue weighted by Gasteiger charge is 2.33. The lowest BCUT2D eigenvalue weighted by Gasteiger charge is -2.09. The van der Waals surface area contributed by atoms with E-state index in [2.05, 4.69) is 14.5 Å². The number of carbonyl (C=O) groups is 2. The first-order valence-electron chi connectivity index (χ1n) is 5.94. The Kier molecular flexibility index (Phi) is 4.93. The van der Waals surface area contributed by atoms with Crippen molar-refractivity contribution in [3.63, 3.8) is 0 Å². The third kappa shape index (κ3) is 3.40. The molecule has 0 aliphatic heterocycles. The van der Waals surface area contributed by atoms with Gasteiger partial charge in [0.1, 0.15) is 5.01 Å². The van der Waals surface area contributed by atoms with Crippen molar-refractivity contribution in [3.05, 3.63) is 40.5 Å². The first-order chi connectivity index (χ1) is 10.1. The minimum atomic E-state index is -1.16. The maximum absolute atomic E-state index is 11.7. The van der Waals surface area contributed by atoms with Gasteiger partial charge in [-0.3, -0.25) is 9.59 Å². The van der Waals surface area contributed by atoms with Gasteiger partial charge in [0.05, 0.1) is 19.1 Å². The maximum atomic E-state index is 11.7. The molecular weight excluding hydrogens is 314 g/mol. The summed E-state index contributed by atoms with van der Waals surface area (Å²) in [6.45, 7) is 0. The summed E-state index contributed by atoms with van der Waals surface area (Å²) < 4.78 is 9.26. The van der Waals surface area contributed by atoms with Crippen LogP contribution < -0.4 is 0 Å². The molecule has 0 atom stereocenters. The minimum absolute atomic E-state index is 0.332. The molecule has 0 radical (unpaired) electrons. The summed E-state index contributed by atoms with van der Waals surface area (Å²) in [4.78, 5) is 28.4. The average molecular weight is 326 g/mol. The zero-order chi connectivity index (χ0) is 15.4. The van der Waals surface area contributed by atoms with Crippen molar-refractivity contribution >= 4 is 34.9 Å². The number of rotatable bonds is 4. The molecule has 0 unspecified atom stereocenters. The second-order valence-corrected chi connectivity index (χ2v) is 5.55. The van der Waals surface area contributed by atoms with Crippen molar-refractivity contribution in [1.29, 1.82) is 0 Å². The highest BCUT2D eigenvalue weighted by molar-refractivity contribution is 7.15. The molecule has 1 aromatic carbocycles. The molecule has 5 nitrogen and oxygen atoms in total. The third-order valence-electron chi connectivity index (χ3n) is 2.77. The standard InChI is InChI=1S/C14H12ClNO4S/c1-19-13(17)11(14(18)20-2)12-16-7-10(21-12)8-3-5-9(15)6-4-8/h3-7,11H,1-2H3. The number of hydrogen-bond acceptors (Lipinski definition) is 6. The van der Waals surface area contributed by atoms with Gasteiger partial charge in [0.25, 0.3) is 0 Å². The molecule has 1 aromatic heterocycles. The van der Waals surface area contributed by atoms with E-state index in [0.717, 1.165) is 10.4 Å². The van der Waals surface area contributed by atoms with Crippen molar-refractivity contribution < 1.29 is 19.1 Å². The van der Waals surface area contributed by atoms with E-state index >= 15 is 0 Å². The van der Waals surface area contributed by atoms with Crippen LogP contribution in [-0.2, 0) is 19.1 Å². The van der Waals surface area contributed by atoms with Crippen LogP contribution >= 0.6 is 22.9 Å². The maximum Gasteiger partial charge on any atom is 0.327 e. The van der Waals surface area contributed by atoms with Crippen molar-refractivity contribution in [1.82, 2.24) is 4.98 Å². The van der Waals surface area contributed by atoms with Gasteiger partial charge in [0.15, 0.2) is 0 Å². The van der Waals surface area contributed by atoms with Crippen molar-refractivity contribution in [2.75, 3.05) is 14.2 Å². The molecular formula is C14H12ClNO4S. The summed E-state index contributed by atoms with van der Waals surface area (Å²) in [5.74, 6) is -2.55. The van der Waals surface area contributed by atoms with Gasteiger partial charge >= 0.3 is 11.9 Å². The topological polar surface area (TPSA) is 65.5 Å². The van der Waals surface area contributed by atoms with E-state index in [1.54, 1.807) is 18.3 Å². The van der Waals surface area contributed by atoms with E-state index in [1.165, 1.54) is 25.6 Å². The molecule has 2 aromatic rings. The number of carbonyl (C=O) groups excluding carboxylic acids is 2. The SMILES string of the molecule is COC(=O)C(C(=O)OC)c1ncc(-c2ccc(Cl)cc2)s1. The van der Waals surface area contributed by atoms with E-state index in [1.807, 2.05) is 12.1 Å². The summed E-state index contributed by atoms with van der Waals surface area (Å²) in [6.07, 6.45) is 1.60. The molecule has 0 bridgehead atoms. The molecule has 21 heavy (non-hydrogen) atoms. The van der Waals surface area contributed by atoms with Gasteiger partial charge in [-0.15, -0.1) is 11.3 Å². The van der Waals surface area contributed by atoms with E-state index in [4.69, 9.17) is 11.6 Å². The quantitative estimate of drug-likeness (QED) is 0.639. The van der Waals surface area contributed by atoms with Gasteiger partial charge in [-0.05, 0) is 17.7 Å². The first kappa shape index (κ1) is 15.5. The largest absolute Gasteiger partial charge is 0.468 e. The molecule has 110 valence electrons. The molecule has 7 heteroatoms. The Morgan fingerprint density at radius 2 is 1.71 bits per heavy atom. The Morgan fingerprint density at radius 1 is 1.14 bits per heavy atom. The monoisotopic (exact) mass is 325 g/mol. The Balaban J connectivity index is 2.34. The van der Waals surface area contributed by atoms with Crippen LogP contribution in [-0.4, -0.2) is 31.1 Å². The van der Waals surface area contributed by atoms with Crippen LogP contribution in [0.1, 0.15) is 10.9 Å². The molecule has 0 saturated carbocycles. The van der Waals surface area contributed by atoms with Gasteiger partial charge in [-0.2, -0.15) is 0 Å². The molecule has 0 N–H and O–H groups in total. The highest BCUT2D eigenvalue weighted by Crippen LogP contribution is 2.31. The zero-order valence-electron chi connectivity index (χ0n) is 11.3. The molecule has 2 rings (SSSR count). The van der Waals surface area contributed by atoms with Crippen molar-refractivity contribution in [2.45, 2.75) is 5.92 Å². The second kappa shape index (κ2) is 6.69. The number of thiazole rings is 1. The van der Waals surface area contributed by atoms with Crippen LogP contribution in [0.15, 0.2) is 30.5 Å². The lowest BCUT2D eigenvalue weighted by atomic mass is 10.1. The number of ether oxygens (including phenoxy) is 2. The number of esters is 2. The van der Waals surface area contributed by atoms with E-state index in [0.29, 0.717) is 10.0 Å². The van der Waals surface area contributed by atoms with Crippen molar-refractivity contribution in [3.8, 4) is 10.4 Å². The minimum Gasteiger partial charge on any atom is -0.468 e. The average Bonchev–Trinajstić information content (AvgIpc) is 2.97. The summed E-state index contributed by atoms with van der Waals surface area (Å²) in [6, 6.07) is 7.19. The molecule has 0 amide bonds. The smallest absolute Gasteiger partial charge is 0.327 e. The van der Waals surface area contributed by atoms with Crippen LogP contribution in [0.3, 0.4) is 0 Å². The summed E-state index contributed by atoms with van der Waals surface area (Å²) in [5, 5.41) is 0.962. The highest BCUT2D eigenvalue weighted by atomic mass is 35.5. The number of methoxy groups -OCH3 is 2. The number of nitrogens with zero attached hydrogens (tertiary/aromatic N) is 1. The fourth-order valence-electron chi connectivity index (χ4n) is 1.70. The fourth-order valence-corrected chi connectivity index (χ4v) is 2.83. The molecule has 0 fully saturated rings. The number of halogens is 1. The van der Waals surface area contributed by atoms with Gasteiger partial charge in [-0.25, -0.2) is 4.98 Å². The predicted octanol–water partition coefficient (Wildman–Crippen LogP) is 2.89. The van der Waals surface area contributed by atoms with Gasteiger partial charge in [0, 0.05) is 11.2 Å². The van der Waals surface area contributed by atoms with Gasteiger partial charge in [0.2, 0.25) is 5.92 Å². The van der Waals surface area contributed by atoms with Crippen LogP contribution in [0.25, 0.3) is 10.4 Å². The predicted molar refractivity (Wildman–Crippen MR) is 79.3 cm³/mol. The number of hydrogen-bond donors (Lipinski definition) is 0. The van der Waals surface area contributed by atoms with E-state index in [-0.39, 0.29) is 0 Å². The Bertz CT molecular complexity index is 637. The van der Waals surface area contributed by atoms with Crippen LogP contribution in [0.2, 0.25) is 5.02 Å². The molecule has 0 saturated heterocycles. The van der Waals surface area contributed by atoms with E-state index < -0.39 is 17.9 Å². The number of benzene rings is 1. The molecule has 0 spiro atoms. The Labute approximate surface area is 130 Å². The second-order valence-electron chi connectivity index (χ2n) is 4.05. The first-order valence-corrected chi connectivity index (χ1v) is 7.13. The molecule has 0 aliphatic rings. The normalized spacial score (nSPS) is 10.5. The van der Waals surface area contributed by atoms with E-state index in [9.17, 15) is 9.59 Å². The molecule has 0 aliphatic carbocycles. The van der Waals surface area contributed by atoms with Crippen LogP contribution in [0.5, 0.6) is 0 Å². The Morgan fingerprint density at radius 3 is 2.24 bits per heavy atom. The fraction of sp³-hybridized carbons (Fsp3) is 0.214. The van der Waals surface area contributed by atoms with Gasteiger partial charge < -0.3 is 9.47 Å². The zero-order valence-corrected chi connectivity index (χ0v) is 12.9. The Hall–Kier alpha value is -1.92. The third-order valence-corrected chi connectivity index (χ3v) is 4.14.